The molecule has 1 aliphatic heterocycles. The summed E-state index contributed by atoms with van der Waals surface area (Å²) in [5.74, 6) is 0. The minimum Gasteiger partial charge on any atom is -0.790 e. The van der Waals surface area contributed by atoms with Crippen molar-refractivity contribution in [3.8, 4) is 0 Å². The van der Waals surface area contributed by atoms with Crippen molar-refractivity contribution in [1.29, 1.82) is 0 Å². The number of H-pyrrole nitrogens is 1. The van der Waals surface area contributed by atoms with Crippen LogP contribution in [0.5, 0.6) is 0 Å². The zero-order valence-electron chi connectivity index (χ0n) is 18.0. The Morgan fingerprint density at radius 3 is 2.03 bits per heavy atom. The summed E-state index contributed by atoms with van der Waals surface area (Å²) < 4.78 is 48.9. The molecule has 0 spiro atoms. The molecule has 25 heteroatoms. The standard InChI is InChI=1S/C9H14BrN2O15P3.4Li/c10-3-1-12(9(16)11-7(3)15)8-6(14)5(13)4(25-8)2-24-29(20,21)27-30(22,23)26-28(17,18)19;;;;/h1,4-6,8,13-14H,2H2,(H,20,21)(H,22,23)(H,11,15,16)(H2,17,18,19);;;;/q;4*+1/p-4/t4-,5-,6-,8-;;;;/m1..../s1. The monoisotopic (exact) mass is 586 g/mol. The van der Waals surface area contributed by atoms with E-state index in [4.69, 9.17) is 4.74 Å². The molecular weight excluding hydrogens is 577 g/mol. The van der Waals surface area contributed by atoms with Gasteiger partial charge in [-0.1, -0.05) is 0 Å². The first-order chi connectivity index (χ1) is 13.5. The molecule has 172 valence electrons. The third-order valence-corrected chi connectivity index (χ3v) is 7.56. The Balaban J connectivity index is -0.00000240. The predicted octanol–water partition coefficient (Wildman–Crippen LogP) is -16.3. The van der Waals surface area contributed by atoms with Gasteiger partial charge in [0.05, 0.1) is 18.9 Å². The number of aliphatic hydroxyl groups excluding tert-OH is 2. The molecule has 2 unspecified atom stereocenters. The number of aliphatic hydroxyl groups is 2. The summed E-state index contributed by atoms with van der Waals surface area (Å²) in [5.41, 5.74) is -1.86. The predicted molar refractivity (Wildman–Crippen MR) is 85.9 cm³/mol. The number of ether oxygens (including phenoxy) is 1. The molecule has 1 saturated heterocycles. The third kappa shape index (κ3) is 11.7. The molecular formula is C9H10BrLi4N2O15P3. The van der Waals surface area contributed by atoms with Crippen molar-refractivity contribution in [3.63, 3.8) is 0 Å². The minimum atomic E-state index is -6.18. The molecule has 2 heterocycles. The van der Waals surface area contributed by atoms with E-state index in [9.17, 15) is 53.1 Å². The van der Waals surface area contributed by atoms with Gasteiger partial charge in [0, 0.05) is 6.20 Å². The van der Waals surface area contributed by atoms with Crippen molar-refractivity contribution in [1.82, 2.24) is 9.55 Å². The molecule has 0 radical (unpaired) electrons. The molecule has 1 aromatic heterocycles. The number of aromatic nitrogens is 2. The van der Waals surface area contributed by atoms with Gasteiger partial charge in [-0.3, -0.25) is 27.8 Å². The number of phosphoric ester groups is 1. The summed E-state index contributed by atoms with van der Waals surface area (Å²) in [5, 5.41) is 20.0. The summed E-state index contributed by atoms with van der Waals surface area (Å²) >= 11 is 2.83. The third-order valence-electron chi connectivity index (χ3n) is 3.33. The average molecular weight is 587 g/mol. The van der Waals surface area contributed by atoms with Crippen LogP contribution in [-0.4, -0.2) is 44.7 Å². The molecule has 0 bridgehead atoms. The van der Waals surface area contributed by atoms with Crippen molar-refractivity contribution < 1.29 is 137 Å². The van der Waals surface area contributed by atoms with Crippen LogP contribution in [0.15, 0.2) is 20.3 Å². The molecule has 0 amide bonds. The summed E-state index contributed by atoms with van der Waals surface area (Å²) in [6.45, 7) is -1.18. The summed E-state index contributed by atoms with van der Waals surface area (Å²) in [7, 11) is -18.2. The van der Waals surface area contributed by atoms with Gasteiger partial charge >= 0.3 is 81.1 Å². The van der Waals surface area contributed by atoms with Gasteiger partial charge in [-0.2, -0.15) is 0 Å². The van der Waals surface area contributed by atoms with Gasteiger partial charge in [0.25, 0.3) is 21.2 Å². The first-order valence-electron chi connectivity index (χ1n) is 7.25. The van der Waals surface area contributed by atoms with Gasteiger partial charge < -0.3 is 43.6 Å². The van der Waals surface area contributed by atoms with Crippen molar-refractivity contribution in [2.24, 2.45) is 0 Å². The van der Waals surface area contributed by atoms with Gasteiger partial charge in [-0.15, -0.1) is 0 Å². The van der Waals surface area contributed by atoms with E-state index >= 15 is 0 Å². The van der Waals surface area contributed by atoms with Crippen LogP contribution in [0.3, 0.4) is 0 Å². The summed E-state index contributed by atoms with van der Waals surface area (Å²) in [6, 6.07) is 0. The second-order valence-electron chi connectivity index (χ2n) is 5.49. The van der Waals surface area contributed by atoms with Crippen molar-refractivity contribution in [2.75, 3.05) is 6.61 Å². The largest absolute Gasteiger partial charge is 1.00 e. The van der Waals surface area contributed by atoms with Crippen LogP contribution >= 0.6 is 39.4 Å². The molecule has 0 aromatic carbocycles. The molecule has 6 atom stereocenters. The first kappa shape index (κ1) is 40.3. The van der Waals surface area contributed by atoms with Gasteiger partial charge in [-0.05, 0) is 15.9 Å². The van der Waals surface area contributed by atoms with Crippen LogP contribution in [0, 0.1) is 0 Å². The maximum atomic E-state index is 11.8. The molecule has 3 N–H and O–H groups in total. The van der Waals surface area contributed by atoms with Crippen LogP contribution < -0.4 is 106 Å². The Hall–Kier alpha value is 1.84. The number of halogens is 1. The van der Waals surface area contributed by atoms with Crippen LogP contribution in [0.4, 0.5) is 0 Å². The van der Waals surface area contributed by atoms with Gasteiger partial charge in [0.15, 0.2) is 6.23 Å². The minimum absolute atomic E-state index is 0. The normalized spacial score (nSPS) is 25.4. The number of aromatic amines is 1. The van der Waals surface area contributed by atoms with Gasteiger partial charge in [0.1, 0.15) is 18.3 Å². The van der Waals surface area contributed by atoms with Crippen LogP contribution in [0.25, 0.3) is 0 Å². The Kier molecular flexibility index (Phi) is 18.3. The average Bonchev–Trinajstić information content (AvgIpc) is 2.81. The Bertz CT molecular complexity index is 1070. The summed E-state index contributed by atoms with van der Waals surface area (Å²) in [6.07, 6.45) is -6.08. The van der Waals surface area contributed by atoms with Crippen molar-refractivity contribution in [3.05, 3.63) is 31.5 Å². The second-order valence-corrected chi connectivity index (χ2v) is 10.6. The number of nitrogens with one attached hydrogen (secondary N) is 1. The van der Waals surface area contributed by atoms with Crippen LogP contribution in [0.1, 0.15) is 6.23 Å². The van der Waals surface area contributed by atoms with Crippen LogP contribution in [-0.2, 0) is 31.6 Å². The van der Waals surface area contributed by atoms with E-state index in [0.717, 1.165) is 6.20 Å². The Labute approximate surface area is 246 Å². The molecule has 1 fully saturated rings. The molecule has 0 saturated carbocycles. The van der Waals surface area contributed by atoms with E-state index in [2.05, 4.69) is 29.1 Å². The molecule has 1 aromatic rings. The Morgan fingerprint density at radius 2 is 1.53 bits per heavy atom. The van der Waals surface area contributed by atoms with Crippen molar-refractivity contribution >= 4 is 39.4 Å². The van der Waals surface area contributed by atoms with Gasteiger partial charge in [-0.25, -0.2) is 9.11 Å². The first-order valence-corrected chi connectivity index (χ1v) is 12.4. The maximum absolute atomic E-state index is 11.8. The van der Waals surface area contributed by atoms with Gasteiger partial charge in [0.2, 0.25) is 0 Å². The fourth-order valence-electron chi connectivity index (χ4n) is 2.19. The molecule has 17 nitrogen and oxygen atoms in total. The maximum Gasteiger partial charge on any atom is 1.00 e. The van der Waals surface area contributed by atoms with E-state index in [1.54, 1.807) is 0 Å². The number of phosphoric acid groups is 3. The zero-order chi connectivity index (χ0) is 23.1. The quantitative estimate of drug-likeness (QED) is 0.188. The fourth-order valence-corrected chi connectivity index (χ4v) is 5.38. The van der Waals surface area contributed by atoms with E-state index in [1.807, 2.05) is 4.98 Å². The molecule has 1 aliphatic rings. The number of hydrogen-bond acceptors (Lipinski definition) is 15. The molecule has 2 rings (SSSR count). The van der Waals surface area contributed by atoms with E-state index in [-0.39, 0.29) is 79.9 Å². The van der Waals surface area contributed by atoms with E-state index in [0.29, 0.717) is 4.57 Å². The van der Waals surface area contributed by atoms with Crippen molar-refractivity contribution in [2.45, 2.75) is 24.5 Å². The Morgan fingerprint density at radius 1 is 1.00 bits per heavy atom. The van der Waals surface area contributed by atoms with E-state index in [1.165, 1.54) is 0 Å². The SMILES string of the molecule is O=c1[nH]c(=O)n([C@@H]2O[C@H](COP(=O)([O-])OP(=O)([O-])OP(=O)([O-])[O-])[C@@H](O)[C@H]2O)cc1Br.[Li+].[Li+].[Li+].[Li+]. The second kappa shape index (κ2) is 15.4. The smallest absolute Gasteiger partial charge is 0.790 e. The topological polar surface area (TPSA) is 276 Å². The fraction of sp³-hybridized carbons (Fsp3) is 0.556. The molecule has 0 aliphatic carbocycles. The zero-order valence-corrected chi connectivity index (χ0v) is 22.2. The van der Waals surface area contributed by atoms with E-state index < -0.39 is 65.9 Å². The molecule has 34 heavy (non-hydrogen) atoms. The summed E-state index contributed by atoms with van der Waals surface area (Å²) in [4.78, 5) is 68.1. The number of rotatable bonds is 8. The number of nitrogens with zero attached hydrogens (tertiary/aromatic N) is 1. The van der Waals surface area contributed by atoms with Crippen LogP contribution in [0.2, 0.25) is 0 Å². The number of hydrogen-bond donors (Lipinski definition) is 3.